The minimum Gasteiger partial charge on any atom is -0.338 e. The number of hydrogen-bond donors (Lipinski definition) is 2. The molecule has 0 atom stereocenters. The lowest BCUT2D eigenvalue weighted by Crippen LogP contribution is -2.42. The van der Waals surface area contributed by atoms with E-state index in [-0.39, 0.29) is 18.4 Å². The summed E-state index contributed by atoms with van der Waals surface area (Å²) >= 11 is 0. The summed E-state index contributed by atoms with van der Waals surface area (Å²) in [5.41, 5.74) is 0.425. The number of likely N-dealkylation sites (tertiary alicyclic amines) is 1. The number of nitrogens with zero attached hydrogens (tertiary/aromatic N) is 1. The van der Waals surface area contributed by atoms with Crippen LogP contribution in [-0.4, -0.2) is 43.7 Å². The molecule has 0 radical (unpaired) electrons. The van der Waals surface area contributed by atoms with Gasteiger partial charge in [0.2, 0.25) is 0 Å². The van der Waals surface area contributed by atoms with Crippen molar-refractivity contribution in [3.05, 3.63) is 0 Å². The molecule has 0 aromatic carbocycles. The maximum Gasteiger partial charge on any atom is 0.317 e. The quantitative estimate of drug-likeness (QED) is 0.793. The molecule has 2 aliphatic heterocycles. The van der Waals surface area contributed by atoms with E-state index in [9.17, 15) is 4.79 Å². The van der Waals surface area contributed by atoms with Crippen LogP contribution in [0.5, 0.6) is 0 Å². The van der Waals surface area contributed by atoms with Crippen molar-refractivity contribution < 1.29 is 4.79 Å². The van der Waals surface area contributed by atoms with E-state index in [4.69, 9.17) is 0 Å². The van der Waals surface area contributed by atoms with Gasteiger partial charge in [0.15, 0.2) is 0 Å². The Hall–Kier alpha value is -0.480. The first-order valence-electron chi connectivity index (χ1n) is 6.49. The number of halogens is 1. The van der Waals surface area contributed by atoms with Gasteiger partial charge in [0.1, 0.15) is 0 Å². The lowest BCUT2D eigenvalue weighted by molar-refractivity contribution is 0.183. The van der Waals surface area contributed by atoms with E-state index in [1.807, 2.05) is 4.90 Å². The van der Waals surface area contributed by atoms with E-state index in [2.05, 4.69) is 17.6 Å². The van der Waals surface area contributed by atoms with Crippen LogP contribution in [0.1, 0.15) is 32.6 Å². The Bertz CT molecular complexity index is 254. The number of hydrogen-bond acceptors (Lipinski definition) is 2. The molecule has 0 aromatic heterocycles. The first kappa shape index (κ1) is 14.6. The molecule has 4 nitrogen and oxygen atoms in total. The number of carbonyl (C=O) groups is 1. The van der Waals surface area contributed by atoms with Crippen molar-refractivity contribution in [3.63, 3.8) is 0 Å². The molecule has 2 amide bonds. The Balaban J connectivity index is 0.00000144. The third-order valence-corrected chi connectivity index (χ3v) is 3.92. The summed E-state index contributed by atoms with van der Waals surface area (Å²) in [6.07, 6.45) is 4.65. The van der Waals surface area contributed by atoms with Gasteiger partial charge >= 0.3 is 6.03 Å². The second-order valence-electron chi connectivity index (χ2n) is 5.15. The second-order valence-corrected chi connectivity index (χ2v) is 5.15. The van der Waals surface area contributed by atoms with Crippen molar-refractivity contribution in [2.45, 2.75) is 32.6 Å². The molecule has 0 unspecified atom stereocenters. The molecule has 2 saturated heterocycles. The zero-order valence-corrected chi connectivity index (χ0v) is 11.4. The number of urea groups is 1. The molecule has 5 heteroatoms. The predicted octanol–water partition coefficient (Wildman–Crippen LogP) is 1.60. The van der Waals surface area contributed by atoms with Gasteiger partial charge in [-0.15, -0.1) is 12.4 Å². The Labute approximate surface area is 110 Å². The maximum absolute atomic E-state index is 11.8. The number of nitrogens with one attached hydrogen (secondary N) is 2. The molecular formula is C12H24ClN3O. The van der Waals surface area contributed by atoms with Gasteiger partial charge in [0.05, 0.1) is 0 Å². The van der Waals surface area contributed by atoms with E-state index in [1.54, 1.807) is 0 Å². The van der Waals surface area contributed by atoms with Crippen LogP contribution >= 0.6 is 12.4 Å². The van der Waals surface area contributed by atoms with Crippen LogP contribution in [0.4, 0.5) is 4.79 Å². The highest BCUT2D eigenvalue weighted by Gasteiger charge is 2.40. The Morgan fingerprint density at radius 2 is 2.06 bits per heavy atom. The van der Waals surface area contributed by atoms with Crippen LogP contribution in [0, 0.1) is 5.41 Å². The number of amides is 2. The van der Waals surface area contributed by atoms with Crippen molar-refractivity contribution >= 4 is 18.4 Å². The summed E-state index contributed by atoms with van der Waals surface area (Å²) in [6.45, 7) is 7.01. The number of rotatable bonds is 2. The van der Waals surface area contributed by atoms with E-state index in [1.165, 1.54) is 19.3 Å². The normalized spacial score (nSPS) is 22.3. The average Bonchev–Trinajstić information content (AvgIpc) is 2.71. The number of carbonyl (C=O) groups excluding carboxylic acids is 1. The fraction of sp³-hybridized carbons (Fsp3) is 0.917. The van der Waals surface area contributed by atoms with Gasteiger partial charge in [-0.3, -0.25) is 0 Å². The van der Waals surface area contributed by atoms with E-state index in [0.717, 1.165) is 39.1 Å². The van der Waals surface area contributed by atoms with Crippen LogP contribution < -0.4 is 10.6 Å². The summed E-state index contributed by atoms with van der Waals surface area (Å²) in [6, 6.07) is 0.136. The van der Waals surface area contributed by atoms with Crippen molar-refractivity contribution in [3.8, 4) is 0 Å². The summed E-state index contributed by atoms with van der Waals surface area (Å²) in [7, 11) is 0. The molecule has 2 rings (SSSR count). The van der Waals surface area contributed by atoms with Crippen molar-refractivity contribution in [1.82, 2.24) is 15.5 Å². The van der Waals surface area contributed by atoms with Crippen molar-refractivity contribution in [1.29, 1.82) is 0 Å². The van der Waals surface area contributed by atoms with E-state index < -0.39 is 0 Å². The third-order valence-electron chi connectivity index (χ3n) is 3.92. The van der Waals surface area contributed by atoms with E-state index >= 15 is 0 Å². The number of piperidine rings is 1. The standard InChI is InChI=1S/C12H23N3O.ClH/c1-2-6-14-11(16)15-9-5-12(10-15)3-7-13-8-4-12;/h13H,2-10H2,1H3,(H,14,16);1H. The zero-order chi connectivity index (χ0) is 11.4. The molecule has 0 saturated carbocycles. The first-order chi connectivity index (χ1) is 7.76. The van der Waals surface area contributed by atoms with Gasteiger partial charge in [-0.2, -0.15) is 0 Å². The highest BCUT2D eigenvalue weighted by atomic mass is 35.5. The third kappa shape index (κ3) is 3.49. The minimum atomic E-state index is 0. The Kier molecular flexibility index (Phi) is 5.53. The molecule has 0 aliphatic carbocycles. The molecule has 2 fully saturated rings. The summed E-state index contributed by atoms with van der Waals surface area (Å²) < 4.78 is 0. The summed E-state index contributed by atoms with van der Waals surface area (Å²) in [5, 5.41) is 6.36. The van der Waals surface area contributed by atoms with Gasteiger partial charge in [-0.05, 0) is 44.2 Å². The van der Waals surface area contributed by atoms with Gasteiger partial charge in [-0.25, -0.2) is 4.79 Å². The minimum absolute atomic E-state index is 0. The first-order valence-corrected chi connectivity index (χ1v) is 6.49. The van der Waals surface area contributed by atoms with Gasteiger partial charge < -0.3 is 15.5 Å². The zero-order valence-electron chi connectivity index (χ0n) is 10.6. The largest absolute Gasteiger partial charge is 0.338 e. The van der Waals surface area contributed by atoms with E-state index in [0.29, 0.717) is 5.41 Å². The Morgan fingerprint density at radius 1 is 1.35 bits per heavy atom. The molecule has 0 aromatic rings. The SMILES string of the molecule is CCCNC(=O)N1CCC2(CCNCC2)C1.Cl. The van der Waals surface area contributed by atoms with Crippen LogP contribution in [0.3, 0.4) is 0 Å². The molecule has 1 spiro atoms. The molecule has 0 bridgehead atoms. The maximum atomic E-state index is 11.8. The van der Waals surface area contributed by atoms with Crippen LogP contribution in [0.25, 0.3) is 0 Å². The monoisotopic (exact) mass is 261 g/mol. The van der Waals surface area contributed by atoms with Gasteiger partial charge in [0.25, 0.3) is 0 Å². The molecule has 100 valence electrons. The fourth-order valence-electron chi connectivity index (χ4n) is 2.82. The van der Waals surface area contributed by atoms with Crippen LogP contribution in [0.15, 0.2) is 0 Å². The molecule has 2 N–H and O–H groups in total. The van der Waals surface area contributed by atoms with Gasteiger partial charge in [-0.1, -0.05) is 6.92 Å². The van der Waals surface area contributed by atoms with Gasteiger partial charge in [0, 0.05) is 19.6 Å². The lowest BCUT2D eigenvalue weighted by atomic mass is 9.78. The molecular weight excluding hydrogens is 238 g/mol. The highest BCUT2D eigenvalue weighted by molar-refractivity contribution is 5.85. The highest BCUT2D eigenvalue weighted by Crippen LogP contribution is 2.38. The molecule has 2 aliphatic rings. The lowest BCUT2D eigenvalue weighted by Gasteiger charge is -2.33. The second kappa shape index (κ2) is 6.45. The summed E-state index contributed by atoms with van der Waals surface area (Å²) in [4.78, 5) is 13.8. The van der Waals surface area contributed by atoms with Crippen LogP contribution in [-0.2, 0) is 0 Å². The predicted molar refractivity (Wildman–Crippen MR) is 71.7 cm³/mol. The molecule has 17 heavy (non-hydrogen) atoms. The summed E-state index contributed by atoms with van der Waals surface area (Å²) in [5.74, 6) is 0. The molecule has 2 heterocycles. The van der Waals surface area contributed by atoms with Crippen molar-refractivity contribution in [2.24, 2.45) is 5.41 Å². The average molecular weight is 262 g/mol. The topological polar surface area (TPSA) is 44.4 Å². The Morgan fingerprint density at radius 3 is 2.71 bits per heavy atom. The van der Waals surface area contributed by atoms with Crippen molar-refractivity contribution in [2.75, 3.05) is 32.7 Å². The fourth-order valence-corrected chi connectivity index (χ4v) is 2.82. The smallest absolute Gasteiger partial charge is 0.317 e. The van der Waals surface area contributed by atoms with Crippen LogP contribution in [0.2, 0.25) is 0 Å².